The van der Waals surface area contributed by atoms with Crippen molar-refractivity contribution in [3.8, 4) is 17.1 Å². The lowest BCUT2D eigenvalue weighted by Crippen LogP contribution is -2.01. The monoisotopic (exact) mass is 320 g/mol. The largest absolute Gasteiger partial charge is 0.497 e. The molecule has 0 unspecified atom stereocenters. The van der Waals surface area contributed by atoms with Gasteiger partial charge in [0.2, 0.25) is 0 Å². The van der Waals surface area contributed by atoms with Crippen molar-refractivity contribution in [2.45, 2.75) is 13.8 Å². The molecule has 0 saturated heterocycles. The van der Waals surface area contributed by atoms with E-state index in [-0.39, 0.29) is 5.43 Å². The summed E-state index contributed by atoms with van der Waals surface area (Å²) in [4.78, 5) is 12.6. The first kappa shape index (κ1) is 14.6. The molecule has 0 aliphatic rings. The summed E-state index contributed by atoms with van der Waals surface area (Å²) in [6.45, 7) is 3.87. The molecule has 0 bridgehead atoms. The number of hydrogen-bond donors (Lipinski definition) is 0. The van der Waals surface area contributed by atoms with E-state index < -0.39 is 0 Å². The number of rotatable bonds is 2. The molecule has 0 spiro atoms. The third-order valence-electron chi connectivity index (χ3n) is 4.35. The fourth-order valence-electron chi connectivity index (χ4n) is 2.99. The van der Waals surface area contributed by atoms with Gasteiger partial charge >= 0.3 is 0 Å². The van der Waals surface area contributed by atoms with Gasteiger partial charge in [0.15, 0.2) is 5.43 Å². The molecule has 4 aromatic rings. The van der Waals surface area contributed by atoms with Crippen molar-refractivity contribution in [2.24, 2.45) is 0 Å². The van der Waals surface area contributed by atoms with E-state index in [4.69, 9.17) is 13.6 Å². The second-order valence-electron chi connectivity index (χ2n) is 5.88. The van der Waals surface area contributed by atoms with Gasteiger partial charge in [-0.2, -0.15) is 0 Å². The fourth-order valence-corrected chi connectivity index (χ4v) is 2.99. The van der Waals surface area contributed by atoms with Crippen molar-refractivity contribution in [3.63, 3.8) is 0 Å². The van der Waals surface area contributed by atoms with E-state index in [1.165, 1.54) is 6.07 Å². The molecule has 2 aromatic heterocycles. The molecule has 0 amide bonds. The molecule has 0 aliphatic heterocycles. The SMILES string of the molecule is COc1ccc(-c2cc(=O)c3cc4c(C)coc4c(C)c3o2)cc1. The Hall–Kier alpha value is -3.01. The number of ether oxygens (including phenoxy) is 1. The number of hydrogen-bond acceptors (Lipinski definition) is 4. The third-order valence-corrected chi connectivity index (χ3v) is 4.35. The smallest absolute Gasteiger partial charge is 0.193 e. The molecule has 120 valence electrons. The normalized spacial score (nSPS) is 11.3. The van der Waals surface area contributed by atoms with Gasteiger partial charge in [0.25, 0.3) is 0 Å². The van der Waals surface area contributed by atoms with Crippen molar-refractivity contribution in [3.05, 3.63) is 64.0 Å². The molecule has 4 rings (SSSR count). The predicted molar refractivity (Wildman–Crippen MR) is 93.7 cm³/mol. The highest BCUT2D eigenvalue weighted by atomic mass is 16.5. The van der Waals surface area contributed by atoms with E-state index in [0.29, 0.717) is 16.7 Å². The quantitative estimate of drug-likeness (QED) is 0.531. The molecule has 0 saturated carbocycles. The van der Waals surface area contributed by atoms with Crippen LogP contribution in [-0.4, -0.2) is 7.11 Å². The Balaban J connectivity index is 2.00. The number of furan rings is 1. The first-order chi connectivity index (χ1) is 11.6. The average molecular weight is 320 g/mol. The molecule has 4 heteroatoms. The minimum Gasteiger partial charge on any atom is -0.497 e. The summed E-state index contributed by atoms with van der Waals surface area (Å²) in [5, 5.41) is 1.52. The Labute approximate surface area is 138 Å². The van der Waals surface area contributed by atoms with Crippen molar-refractivity contribution < 1.29 is 13.6 Å². The summed E-state index contributed by atoms with van der Waals surface area (Å²) >= 11 is 0. The highest BCUT2D eigenvalue weighted by Crippen LogP contribution is 2.32. The molecule has 0 radical (unpaired) electrons. The molecule has 0 atom stereocenters. The Morgan fingerprint density at radius 1 is 0.958 bits per heavy atom. The summed E-state index contributed by atoms with van der Waals surface area (Å²) in [6, 6.07) is 10.8. The van der Waals surface area contributed by atoms with Crippen LogP contribution in [0.15, 0.2) is 56.3 Å². The zero-order valence-corrected chi connectivity index (χ0v) is 13.7. The topological polar surface area (TPSA) is 52.6 Å². The first-order valence-corrected chi connectivity index (χ1v) is 7.68. The molecule has 2 aromatic carbocycles. The molecular formula is C20H16O4. The average Bonchev–Trinajstić information content (AvgIpc) is 2.97. The summed E-state index contributed by atoms with van der Waals surface area (Å²) in [5.41, 5.74) is 3.93. The maximum atomic E-state index is 12.6. The first-order valence-electron chi connectivity index (χ1n) is 7.68. The van der Waals surface area contributed by atoms with Gasteiger partial charge in [-0.3, -0.25) is 4.79 Å². The van der Waals surface area contributed by atoms with E-state index >= 15 is 0 Å². The molecule has 4 nitrogen and oxygen atoms in total. The van der Waals surface area contributed by atoms with Crippen LogP contribution in [0.25, 0.3) is 33.3 Å². The number of methoxy groups -OCH3 is 1. The highest BCUT2D eigenvalue weighted by molar-refractivity contribution is 5.98. The van der Waals surface area contributed by atoms with Gasteiger partial charge in [-0.05, 0) is 49.7 Å². The molecule has 2 heterocycles. The second kappa shape index (κ2) is 5.27. The van der Waals surface area contributed by atoms with E-state index in [9.17, 15) is 4.79 Å². The Bertz CT molecular complexity index is 1110. The van der Waals surface area contributed by atoms with Crippen LogP contribution in [0.1, 0.15) is 11.1 Å². The van der Waals surface area contributed by atoms with Crippen LogP contribution in [0.4, 0.5) is 0 Å². The lowest BCUT2D eigenvalue weighted by molar-refractivity contribution is 0.415. The minimum absolute atomic E-state index is 0.0623. The maximum Gasteiger partial charge on any atom is 0.193 e. The van der Waals surface area contributed by atoms with Crippen LogP contribution >= 0.6 is 0 Å². The molecule has 0 N–H and O–H groups in total. The number of benzene rings is 2. The van der Waals surface area contributed by atoms with E-state index in [0.717, 1.165) is 33.4 Å². The minimum atomic E-state index is -0.0623. The van der Waals surface area contributed by atoms with Crippen molar-refractivity contribution >= 4 is 21.9 Å². The van der Waals surface area contributed by atoms with Crippen LogP contribution in [0, 0.1) is 13.8 Å². The van der Waals surface area contributed by atoms with Gasteiger partial charge in [-0.15, -0.1) is 0 Å². The zero-order valence-electron chi connectivity index (χ0n) is 13.7. The highest BCUT2D eigenvalue weighted by Gasteiger charge is 2.15. The molecule has 24 heavy (non-hydrogen) atoms. The van der Waals surface area contributed by atoms with E-state index in [1.54, 1.807) is 13.4 Å². The van der Waals surface area contributed by atoms with E-state index in [2.05, 4.69) is 0 Å². The van der Waals surface area contributed by atoms with Gasteiger partial charge in [0.05, 0.1) is 18.8 Å². The summed E-state index contributed by atoms with van der Waals surface area (Å²) in [5.74, 6) is 1.28. The van der Waals surface area contributed by atoms with Gasteiger partial charge in [0.1, 0.15) is 22.7 Å². The van der Waals surface area contributed by atoms with Crippen molar-refractivity contribution in [1.82, 2.24) is 0 Å². The lowest BCUT2D eigenvalue weighted by atomic mass is 10.0. The van der Waals surface area contributed by atoms with Crippen molar-refractivity contribution in [2.75, 3.05) is 7.11 Å². The van der Waals surface area contributed by atoms with Crippen LogP contribution in [0.5, 0.6) is 5.75 Å². The summed E-state index contributed by atoms with van der Waals surface area (Å²) < 4.78 is 16.8. The number of fused-ring (bicyclic) bond motifs is 2. The van der Waals surface area contributed by atoms with Gasteiger partial charge < -0.3 is 13.6 Å². The van der Waals surface area contributed by atoms with Gasteiger partial charge in [0, 0.05) is 22.6 Å². The Morgan fingerprint density at radius 2 is 1.71 bits per heavy atom. The van der Waals surface area contributed by atoms with Crippen molar-refractivity contribution in [1.29, 1.82) is 0 Å². The Kier molecular flexibility index (Phi) is 3.20. The molecular weight excluding hydrogens is 304 g/mol. The van der Waals surface area contributed by atoms with Crippen LogP contribution < -0.4 is 10.2 Å². The molecule has 0 fully saturated rings. The second-order valence-corrected chi connectivity index (χ2v) is 5.88. The lowest BCUT2D eigenvalue weighted by Gasteiger charge is -2.07. The molecule has 0 aliphatic carbocycles. The van der Waals surface area contributed by atoms with Gasteiger partial charge in [-0.1, -0.05) is 0 Å². The third kappa shape index (κ3) is 2.11. The fraction of sp³-hybridized carbons (Fsp3) is 0.150. The standard InChI is InChI=1S/C20H16O4/c1-11-10-23-19-12(2)20-16(8-15(11)19)17(21)9-18(24-20)13-4-6-14(22-3)7-5-13/h4-10H,1-3H3. The van der Waals surface area contributed by atoms with Crippen LogP contribution in [0.2, 0.25) is 0 Å². The zero-order chi connectivity index (χ0) is 16.8. The number of aryl methyl sites for hydroxylation is 2. The van der Waals surface area contributed by atoms with Crippen LogP contribution in [-0.2, 0) is 0 Å². The van der Waals surface area contributed by atoms with E-state index in [1.807, 2.05) is 44.2 Å². The predicted octanol–water partition coefficient (Wildman–Crippen LogP) is 4.83. The Morgan fingerprint density at radius 3 is 2.42 bits per heavy atom. The van der Waals surface area contributed by atoms with Gasteiger partial charge in [-0.25, -0.2) is 0 Å². The van der Waals surface area contributed by atoms with Crippen LogP contribution in [0.3, 0.4) is 0 Å². The summed E-state index contributed by atoms with van der Waals surface area (Å²) in [6.07, 6.45) is 1.70. The summed E-state index contributed by atoms with van der Waals surface area (Å²) in [7, 11) is 1.62. The maximum absolute atomic E-state index is 12.6.